The standard InChI is InChI=1S/C14H18N4O2S.ClH/c1-17-7-6-16-13(17)10-9-15-5-8-18(10)14(19)11-3-4-12(20-11)21-2;/h3-4,6-7,10,15H,5,8-9H2,1-2H3;1H. The first-order valence-corrected chi connectivity index (χ1v) is 8.06. The monoisotopic (exact) mass is 342 g/mol. The van der Waals surface area contributed by atoms with E-state index in [1.54, 1.807) is 12.3 Å². The molecular weight excluding hydrogens is 324 g/mol. The second-order valence-electron chi connectivity index (χ2n) is 4.94. The zero-order valence-electron chi connectivity index (χ0n) is 12.5. The number of halogens is 1. The molecule has 1 amide bonds. The molecule has 0 aromatic carbocycles. The highest BCUT2D eigenvalue weighted by Gasteiger charge is 2.32. The van der Waals surface area contributed by atoms with E-state index in [-0.39, 0.29) is 24.4 Å². The van der Waals surface area contributed by atoms with Gasteiger partial charge in [-0.15, -0.1) is 12.4 Å². The van der Waals surface area contributed by atoms with Crippen LogP contribution in [0.25, 0.3) is 0 Å². The molecule has 0 saturated carbocycles. The van der Waals surface area contributed by atoms with Crippen molar-refractivity contribution < 1.29 is 9.21 Å². The molecule has 1 unspecified atom stereocenters. The van der Waals surface area contributed by atoms with Crippen LogP contribution in [0.15, 0.2) is 34.0 Å². The quantitative estimate of drug-likeness (QED) is 0.864. The molecule has 3 rings (SSSR count). The highest BCUT2D eigenvalue weighted by atomic mass is 35.5. The molecule has 8 heteroatoms. The van der Waals surface area contributed by atoms with Crippen LogP contribution in [0.2, 0.25) is 0 Å². The molecule has 2 aromatic rings. The first-order chi connectivity index (χ1) is 10.2. The summed E-state index contributed by atoms with van der Waals surface area (Å²) in [4.78, 5) is 18.9. The van der Waals surface area contributed by atoms with Gasteiger partial charge in [0, 0.05) is 39.1 Å². The summed E-state index contributed by atoms with van der Waals surface area (Å²) in [6.07, 6.45) is 5.57. The molecule has 1 fully saturated rings. The number of rotatable bonds is 3. The van der Waals surface area contributed by atoms with E-state index in [1.807, 2.05) is 35.0 Å². The van der Waals surface area contributed by atoms with Gasteiger partial charge in [-0.05, 0) is 18.4 Å². The van der Waals surface area contributed by atoms with Gasteiger partial charge in [0.05, 0.1) is 0 Å². The SMILES string of the molecule is CSc1ccc(C(=O)N2CCNCC2c2nccn2C)o1.Cl. The van der Waals surface area contributed by atoms with Crippen molar-refractivity contribution in [1.82, 2.24) is 19.8 Å². The van der Waals surface area contributed by atoms with E-state index >= 15 is 0 Å². The number of aromatic nitrogens is 2. The second-order valence-corrected chi connectivity index (χ2v) is 5.75. The number of piperazine rings is 1. The van der Waals surface area contributed by atoms with Crippen LogP contribution in [0, 0.1) is 0 Å². The maximum Gasteiger partial charge on any atom is 0.290 e. The summed E-state index contributed by atoms with van der Waals surface area (Å²) >= 11 is 1.49. The lowest BCUT2D eigenvalue weighted by Crippen LogP contribution is -2.49. The van der Waals surface area contributed by atoms with Crippen LogP contribution < -0.4 is 5.32 Å². The van der Waals surface area contributed by atoms with E-state index < -0.39 is 0 Å². The third-order valence-corrected chi connectivity index (χ3v) is 4.28. The fourth-order valence-corrected chi connectivity index (χ4v) is 2.94. The maximum absolute atomic E-state index is 12.7. The van der Waals surface area contributed by atoms with Crippen LogP contribution in [-0.4, -0.2) is 46.2 Å². The van der Waals surface area contributed by atoms with E-state index in [0.717, 1.165) is 17.5 Å². The Labute approximate surface area is 139 Å². The van der Waals surface area contributed by atoms with Gasteiger partial charge in [-0.25, -0.2) is 4.98 Å². The molecule has 1 saturated heterocycles. The van der Waals surface area contributed by atoms with E-state index in [4.69, 9.17) is 4.42 Å². The number of furan rings is 1. The highest BCUT2D eigenvalue weighted by molar-refractivity contribution is 7.98. The van der Waals surface area contributed by atoms with Crippen molar-refractivity contribution >= 4 is 30.1 Å². The van der Waals surface area contributed by atoms with Gasteiger partial charge in [0.25, 0.3) is 5.91 Å². The number of imidazole rings is 1. The van der Waals surface area contributed by atoms with E-state index in [0.29, 0.717) is 18.8 Å². The predicted molar refractivity (Wildman–Crippen MR) is 87.6 cm³/mol. The zero-order chi connectivity index (χ0) is 14.8. The molecule has 1 aliphatic rings. The average Bonchev–Trinajstić information content (AvgIpc) is 3.15. The summed E-state index contributed by atoms with van der Waals surface area (Å²) in [6, 6.07) is 3.50. The van der Waals surface area contributed by atoms with Crippen molar-refractivity contribution in [2.75, 3.05) is 25.9 Å². The highest BCUT2D eigenvalue weighted by Crippen LogP contribution is 2.25. The molecule has 0 aliphatic carbocycles. The van der Waals surface area contributed by atoms with Gasteiger partial charge in [-0.3, -0.25) is 4.79 Å². The molecule has 120 valence electrons. The Morgan fingerprint density at radius 3 is 2.95 bits per heavy atom. The van der Waals surface area contributed by atoms with Gasteiger partial charge < -0.3 is 19.2 Å². The van der Waals surface area contributed by atoms with Crippen molar-refractivity contribution in [1.29, 1.82) is 0 Å². The molecule has 2 aromatic heterocycles. The first kappa shape index (κ1) is 16.9. The molecule has 0 spiro atoms. The van der Waals surface area contributed by atoms with Crippen LogP contribution in [-0.2, 0) is 7.05 Å². The molecule has 0 bridgehead atoms. The molecule has 0 radical (unpaired) electrons. The molecule has 22 heavy (non-hydrogen) atoms. The Balaban J connectivity index is 0.00000176. The van der Waals surface area contributed by atoms with E-state index in [9.17, 15) is 4.79 Å². The molecular formula is C14H19ClN4O2S. The number of aryl methyl sites for hydroxylation is 1. The number of carbonyl (C=O) groups is 1. The fraction of sp³-hybridized carbons (Fsp3) is 0.429. The smallest absolute Gasteiger partial charge is 0.290 e. The van der Waals surface area contributed by atoms with Crippen LogP contribution in [0.5, 0.6) is 0 Å². The van der Waals surface area contributed by atoms with Gasteiger partial charge in [0.15, 0.2) is 10.9 Å². The van der Waals surface area contributed by atoms with Crippen molar-refractivity contribution in [2.45, 2.75) is 11.1 Å². The van der Waals surface area contributed by atoms with Crippen LogP contribution in [0.3, 0.4) is 0 Å². The topological polar surface area (TPSA) is 63.3 Å². The molecule has 1 aliphatic heterocycles. The molecule has 1 N–H and O–H groups in total. The van der Waals surface area contributed by atoms with E-state index in [2.05, 4.69) is 10.3 Å². The molecule has 6 nitrogen and oxygen atoms in total. The van der Waals surface area contributed by atoms with E-state index in [1.165, 1.54) is 11.8 Å². The number of nitrogens with one attached hydrogen (secondary N) is 1. The lowest BCUT2D eigenvalue weighted by Gasteiger charge is -2.35. The molecule has 1 atom stereocenters. The number of nitrogens with zero attached hydrogens (tertiary/aromatic N) is 3. The third-order valence-electron chi connectivity index (χ3n) is 3.65. The number of amides is 1. The summed E-state index contributed by atoms with van der Waals surface area (Å²) in [5.41, 5.74) is 0. The summed E-state index contributed by atoms with van der Waals surface area (Å²) in [5, 5.41) is 4.07. The van der Waals surface area contributed by atoms with Gasteiger partial charge in [0.1, 0.15) is 11.9 Å². The minimum Gasteiger partial charge on any atom is -0.445 e. The minimum atomic E-state index is -0.0789. The Bertz CT molecular complexity index is 642. The average molecular weight is 343 g/mol. The maximum atomic E-state index is 12.7. The van der Waals surface area contributed by atoms with Crippen molar-refractivity contribution in [3.8, 4) is 0 Å². The Kier molecular flexibility index (Phi) is 5.55. The first-order valence-electron chi connectivity index (χ1n) is 6.83. The van der Waals surface area contributed by atoms with Crippen molar-refractivity contribution in [3.05, 3.63) is 36.1 Å². The van der Waals surface area contributed by atoms with Crippen LogP contribution in [0.1, 0.15) is 22.4 Å². The summed E-state index contributed by atoms with van der Waals surface area (Å²) in [7, 11) is 1.94. The Hall–Kier alpha value is -1.44. The minimum absolute atomic E-state index is 0. The lowest BCUT2D eigenvalue weighted by molar-refractivity contribution is 0.0583. The van der Waals surface area contributed by atoms with Crippen LogP contribution in [0.4, 0.5) is 0 Å². The van der Waals surface area contributed by atoms with Gasteiger partial charge in [0.2, 0.25) is 0 Å². The largest absolute Gasteiger partial charge is 0.445 e. The number of carbonyl (C=O) groups excluding carboxylic acids is 1. The summed E-state index contributed by atoms with van der Waals surface area (Å²) < 4.78 is 7.52. The van der Waals surface area contributed by atoms with Gasteiger partial charge >= 0.3 is 0 Å². The van der Waals surface area contributed by atoms with Gasteiger partial charge in [-0.2, -0.15) is 0 Å². The molecule has 3 heterocycles. The lowest BCUT2D eigenvalue weighted by atomic mass is 10.1. The third kappa shape index (κ3) is 3.16. The van der Waals surface area contributed by atoms with Gasteiger partial charge in [-0.1, -0.05) is 11.8 Å². The number of hydrogen-bond donors (Lipinski definition) is 1. The predicted octanol–water partition coefficient (Wildman–Crippen LogP) is 1.94. The van der Waals surface area contributed by atoms with Crippen LogP contribution >= 0.6 is 24.2 Å². The number of hydrogen-bond acceptors (Lipinski definition) is 5. The normalized spacial score (nSPS) is 18.1. The van der Waals surface area contributed by atoms with Crippen molar-refractivity contribution in [3.63, 3.8) is 0 Å². The second kappa shape index (κ2) is 7.21. The summed E-state index contributed by atoms with van der Waals surface area (Å²) in [6.45, 7) is 2.13. The van der Waals surface area contributed by atoms with Crippen molar-refractivity contribution in [2.24, 2.45) is 7.05 Å². The Morgan fingerprint density at radius 2 is 2.32 bits per heavy atom. The fourth-order valence-electron chi connectivity index (χ4n) is 2.56. The zero-order valence-corrected chi connectivity index (χ0v) is 14.1. The Morgan fingerprint density at radius 1 is 1.50 bits per heavy atom. The summed E-state index contributed by atoms with van der Waals surface area (Å²) in [5.74, 6) is 1.19. The number of thioether (sulfide) groups is 1.